The van der Waals surface area contributed by atoms with E-state index in [1.807, 2.05) is 12.1 Å². The number of aldehydes is 1. The average Bonchev–Trinajstić information content (AvgIpc) is 3.18. The summed E-state index contributed by atoms with van der Waals surface area (Å²) >= 11 is 2.25. The maximum atomic E-state index is 14.4. The molecule has 0 saturated carbocycles. The van der Waals surface area contributed by atoms with Crippen LogP contribution in [0.2, 0.25) is 0 Å². The Morgan fingerprint density at radius 3 is 2.74 bits per heavy atom. The Morgan fingerprint density at radius 1 is 1.21 bits per heavy atom. The van der Waals surface area contributed by atoms with Crippen molar-refractivity contribution in [1.82, 2.24) is 24.7 Å². The highest BCUT2D eigenvalue weighted by molar-refractivity contribution is 14.1. The normalized spacial score (nSPS) is 17.9. The van der Waals surface area contributed by atoms with Gasteiger partial charge >= 0.3 is 0 Å². The maximum Gasteiger partial charge on any atom is 0.183 e. The number of anilines is 1. The first kappa shape index (κ1) is 22.8. The Morgan fingerprint density at radius 2 is 2.00 bits per heavy atom. The molecular formula is C25H24FIN6O. The van der Waals surface area contributed by atoms with E-state index in [1.165, 1.54) is 6.07 Å². The van der Waals surface area contributed by atoms with Gasteiger partial charge < -0.3 is 9.69 Å². The van der Waals surface area contributed by atoms with Crippen LogP contribution in [0.25, 0.3) is 22.6 Å². The van der Waals surface area contributed by atoms with E-state index in [4.69, 9.17) is 15.1 Å². The number of rotatable bonds is 5. The number of hydrogen-bond acceptors (Lipinski definition) is 6. The zero-order chi connectivity index (χ0) is 24.0. The lowest BCUT2D eigenvalue weighted by molar-refractivity contribution is -0.109. The molecule has 2 unspecified atom stereocenters. The zero-order valence-corrected chi connectivity index (χ0v) is 21.3. The minimum Gasteiger partial charge on any atom is -0.344 e. The lowest BCUT2D eigenvalue weighted by Crippen LogP contribution is -2.46. The molecule has 5 rings (SSSR count). The van der Waals surface area contributed by atoms with Crippen molar-refractivity contribution in [3.05, 3.63) is 63.2 Å². The van der Waals surface area contributed by atoms with E-state index in [0.717, 1.165) is 33.2 Å². The van der Waals surface area contributed by atoms with Crippen LogP contribution in [0.4, 0.5) is 10.2 Å². The third-order valence-electron chi connectivity index (χ3n) is 6.28. The van der Waals surface area contributed by atoms with Gasteiger partial charge in [0.25, 0.3) is 0 Å². The summed E-state index contributed by atoms with van der Waals surface area (Å²) in [4.78, 5) is 28.3. The van der Waals surface area contributed by atoms with Crippen molar-refractivity contribution in [2.45, 2.75) is 51.7 Å². The summed E-state index contributed by atoms with van der Waals surface area (Å²) in [5.74, 6) is 1.13. The number of aromatic nitrogens is 5. The lowest BCUT2D eigenvalue weighted by atomic mass is 9.89. The summed E-state index contributed by atoms with van der Waals surface area (Å²) in [5, 5.41) is 5.58. The third-order valence-corrected chi connectivity index (χ3v) is 7.10. The van der Waals surface area contributed by atoms with E-state index in [0.29, 0.717) is 22.7 Å². The van der Waals surface area contributed by atoms with Crippen molar-refractivity contribution >= 4 is 45.7 Å². The lowest BCUT2D eigenvalue weighted by Gasteiger charge is -2.40. The van der Waals surface area contributed by atoms with Crippen LogP contribution in [-0.2, 0) is 11.3 Å². The van der Waals surface area contributed by atoms with Crippen molar-refractivity contribution in [1.29, 1.82) is 0 Å². The van der Waals surface area contributed by atoms with Crippen LogP contribution in [-0.4, -0.2) is 43.1 Å². The van der Waals surface area contributed by atoms with Crippen molar-refractivity contribution in [3.8, 4) is 11.5 Å². The van der Waals surface area contributed by atoms with E-state index in [-0.39, 0.29) is 30.4 Å². The van der Waals surface area contributed by atoms with E-state index in [2.05, 4.69) is 53.2 Å². The summed E-state index contributed by atoms with van der Waals surface area (Å²) in [6.45, 7) is 6.48. The molecule has 0 N–H and O–H groups in total. The summed E-state index contributed by atoms with van der Waals surface area (Å²) in [6, 6.07) is 10.3. The predicted molar refractivity (Wildman–Crippen MR) is 137 cm³/mol. The molecule has 1 aliphatic heterocycles. The van der Waals surface area contributed by atoms with Crippen LogP contribution in [0.3, 0.4) is 0 Å². The third kappa shape index (κ3) is 3.85. The van der Waals surface area contributed by atoms with Crippen molar-refractivity contribution in [3.63, 3.8) is 0 Å². The molecular weight excluding hydrogens is 546 g/mol. The molecule has 34 heavy (non-hydrogen) atoms. The molecule has 0 aliphatic carbocycles. The molecule has 0 amide bonds. The highest BCUT2D eigenvalue weighted by atomic mass is 127. The second-order valence-corrected chi connectivity index (χ2v) is 9.91. The number of fused-ring (bicyclic) bond motifs is 2. The molecule has 4 aromatic rings. The van der Waals surface area contributed by atoms with Crippen LogP contribution in [0.5, 0.6) is 0 Å². The van der Waals surface area contributed by atoms with Gasteiger partial charge in [-0.3, -0.25) is 0 Å². The molecule has 1 aliphatic rings. The minimum absolute atomic E-state index is 0.0945. The summed E-state index contributed by atoms with van der Waals surface area (Å²) < 4.78 is 16.9. The van der Waals surface area contributed by atoms with Gasteiger partial charge in [-0.05, 0) is 67.0 Å². The number of pyridine rings is 1. The summed E-state index contributed by atoms with van der Waals surface area (Å²) in [7, 11) is 0. The number of hydrogen-bond donors (Lipinski definition) is 0. The smallest absolute Gasteiger partial charge is 0.183 e. The van der Waals surface area contributed by atoms with E-state index in [1.54, 1.807) is 29.1 Å². The molecule has 2 atom stereocenters. The molecule has 0 radical (unpaired) electrons. The zero-order valence-electron chi connectivity index (χ0n) is 19.1. The van der Waals surface area contributed by atoms with Crippen molar-refractivity contribution < 1.29 is 9.18 Å². The Bertz CT molecular complexity index is 1390. The van der Waals surface area contributed by atoms with Crippen LogP contribution in [0, 0.1) is 9.52 Å². The van der Waals surface area contributed by atoms with Gasteiger partial charge in [0.05, 0.1) is 18.0 Å². The molecule has 9 heteroatoms. The second kappa shape index (κ2) is 9.01. The summed E-state index contributed by atoms with van der Waals surface area (Å²) in [6.07, 6.45) is 3.44. The fourth-order valence-electron chi connectivity index (χ4n) is 4.73. The standard InChI is InChI=1S/C25H24FIN6O/c1-14(2)33-17(13-34)11-15(3)20-22(27)29-23(30-25(20)33)21-18-8-6-10-28-24(18)32(31-21)12-16-7-4-5-9-19(16)26/h4-10,13-15,17H,11-12H2,1-3H3. The van der Waals surface area contributed by atoms with Gasteiger partial charge in [-0.25, -0.2) is 24.0 Å². The molecule has 0 fully saturated rings. The number of carbonyl (C=O) groups is 1. The maximum absolute atomic E-state index is 14.4. The van der Waals surface area contributed by atoms with Gasteiger partial charge in [0.15, 0.2) is 11.5 Å². The first-order chi connectivity index (χ1) is 16.4. The first-order valence-electron chi connectivity index (χ1n) is 11.3. The Labute approximate surface area is 210 Å². The van der Waals surface area contributed by atoms with Gasteiger partial charge in [0.2, 0.25) is 0 Å². The molecule has 7 nitrogen and oxygen atoms in total. The Balaban J connectivity index is 1.68. The fourth-order valence-corrected chi connectivity index (χ4v) is 5.73. The van der Waals surface area contributed by atoms with Gasteiger partial charge in [0, 0.05) is 23.4 Å². The van der Waals surface area contributed by atoms with Gasteiger partial charge in [-0.15, -0.1) is 0 Å². The Kier molecular flexibility index (Phi) is 6.05. The molecule has 4 heterocycles. The topological polar surface area (TPSA) is 76.8 Å². The van der Waals surface area contributed by atoms with Crippen LogP contribution >= 0.6 is 22.6 Å². The van der Waals surface area contributed by atoms with Crippen LogP contribution < -0.4 is 4.90 Å². The van der Waals surface area contributed by atoms with E-state index in [9.17, 15) is 9.18 Å². The largest absolute Gasteiger partial charge is 0.344 e. The SMILES string of the molecule is CC1CC(C=O)N(C(C)C)c2nc(-c3nn(Cc4ccccc4F)c4ncccc34)nc(I)c21. The fraction of sp³-hybridized carbons (Fsp3) is 0.320. The van der Waals surface area contributed by atoms with Crippen LogP contribution in [0.15, 0.2) is 42.6 Å². The average molecular weight is 570 g/mol. The van der Waals surface area contributed by atoms with E-state index >= 15 is 0 Å². The van der Waals surface area contributed by atoms with Crippen LogP contribution in [0.1, 0.15) is 44.2 Å². The monoisotopic (exact) mass is 570 g/mol. The first-order valence-corrected chi connectivity index (χ1v) is 12.3. The predicted octanol–water partition coefficient (Wildman–Crippen LogP) is 4.97. The van der Waals surface area contributed by atoms with Gasteiger partial charge in [-0.1, -0.05) is 25.1 Å². The quantitative estimate of drug-likeness (QED) is 0.192. The highest BCUT2D eigenvalue weighted by Crippen LogP contribution is 2.41. The molecule has 174 valence electrons. The number of nitrogens with zero attached hydrogens (tertiary/aromatic N) is 6. The molecule has 1 aromatic carbocycles. The van der Waals surface area contributed by atoms with Crippen molar-refractivity contribution in [2.24, 2.45) is 0 Å². The highest BCUT2D eigenvalue weighted by Gasteiger charge is 2.36. The van der Waals surface area contributed by atoms with Gasteiger partial charge in [-0.2, -0.15) is 5.10 Å². The minimum atomic E-state index is -0.287. The molecule has 3 aromatic heterocycles. The molecule has 0 saturated heterocycles. The number of carbonyl (C=O) groups excluding carboxylic acids is 1. The molecule has 0 bridgehead atoms. The summed E-state index contributed by atoms with van der Waals surface area (Å²) in [5.41, 5.74) is 2.81. The second-order valence-electron chi connectivity index (χ2n) is 8.89. The molecule has 0 spiro atoms. The Hall–Kier alpha value is -2.95. The van der Waals surface area contributed by atoms with Crippen molar-refractivity contribution in [2.75, 3.05) is 4.90 Å². The van der Waals surface area contributed by atoms with Gasteiger partial charge in [0.1, 0.15) is 27.3 Å². The number of benzene rings is 1. The van der Waals surface area contributed by atoms with E-state index < -0.39 is 0 Å². The number of halogens is 2.